The molecule has 0 unspecified atom stereocenters. The van der Waals surface area contributed by atoms with Crippen LogP contribution in [0.2, 0.25) is 5.02 Å². The molecule has 0 bridgehead atoms. The molecule has 3 rings (SSSR count). The summed E-state index contributed by atoms with van der Waals surface area (Å²) in [4.78, 5) is 8.66. The first-order chi connectivity index (χ1) is 10.2. The monoisotopic (exact) mass is 298 g/mol. The quantitative estimate of drug-likeness (QED) is 0.671. The van der Waals surface area contributed by atoms with Crippen LogP contribution in [0.4, 0.5) is 4.39 Å². The van der Waals surface area contributed by atoms with E-state index in [0.29, 0.717) is 16.3 Å². The molecule has 2 nitrogen and oxygen atoms in total. The molecule has 0 amide bonds. The minimum absolute atomic E-state index is 0.304. The predicted octanol–water partition coefficient (Wildman–Crippen LogP) is 4.91. The van der Waals surface area contributed by atoms with E-state index >= 15 is 0 Å². The molecule has 104 valence electrons. The minimum atomic E-state index is -0.393. The van der Waals surface area contributed by atoms with Gasteiger partial charge in [-0.3, -0.25) is 9.97 Å². The second-order valence-electron chi connectivity index (χ2n) is 4.71. The van der Waals surface area contributed by atoms with Crippen molar-refractivity contribution in [3.8, 4) is 22.5 Å². The van der Waals surface area contributed by atoms with E-state index in [0.717, 1.165) is 16.8 Å². The van der Waals surface area contributed by atoms with Gasteiger partial charge >= 0.3 is 0 Å². The average molecular weight is 299 g/mol. The Morgan fingerprint density at radius 1 is 1.00 bits per heavy atom. The predicted molar refractivity (Wildman–Crippen MR) is 82.6 cm³/mol. The van der Waals surface area contributed by atoms with Crippen LogP contribution in [0.5, 0.6) is 0 Å². The van der Waals surface area contributed by atoms with Crippen LogP contribution in [0.1, 0.15) is 5.56 Å². The van der Waals surface area contributed by atoms with Crippen LogP contribution in [0.25, 0.3) is 22.5 Å². The Kier molecular flexibility index (Phi) is 3.67. The van der Waals surface area contributed by atoms with Gasteiger partial charge in [0, 0.05) is 18.0 Å². The van der Waals surface area contributed by atoms with Gasteiger partial charge in [-0.25, -0.2) is 4.39 Å². The number of nitrogens with zero attached hydrogens (tertiary/aromatic N) is 2. The third-order valence-corrected chi connectivity index (χ3v) is 3.51. The van der Waals surface area contributed by atoms with E-state index in [1.54, 1.807) is 30.6 Å². The summed E-state index contributed by atoms with van der Waals surface area (Å²) in [6, 6.07) is 12.1. The van der Waals surface area contributed by atoms with Crippen LogP contribution < -0.4 is 0 Å². The van der Waals surface area contributed by atoms with Crippen molar-refractivity contribution in [3.05, 3.63) is 71.3 Å². The van der Waals surface area contributed by atoms with Gasteiger partial charge in [0.15, 0.2) is 0 Å². The third kappa shape index (κ3) is 2.65. The molecule has 4 heteroatoms. The molecule has 0 saturated carbocycles. The van der Waals surface area contributed by atoms with E-state index in [1.165, 1.54) is 6.07 Å². The maximum absolute atomic E-state index is 14.2. The molecule has 2 aromatic heterocycles. The number of aromatic nitrogens is 2. The highest BCUT2D eigenvalue weighted by Gasteiger charge is 2.16. The molecule has 0 N–H and O–H groups in total. The zero-order chi connectivity index (χ0) is 14.8. The van der Waals surface area contributed by atoms with Crippen LogP contribution in [0, 0.1) is 12.7 Å². The Morgan fingerprint density at radius 3 is 2.62 bits per heavy atom. The summed E-state index contributed by atoms with van der Waals surface area (Å²) in [5.41, 5.74) is 3.39. The van der Waals surface area contributed by atoms with Crippen molar-refractivity contribution in [2.24, 2.45) is 0 Å². The number of pyridine rings is 2. The Labute approximate surface area is 127 Å². The molecule has 0 atom stereocenters. The van der Waals surface area contributed by atoms with Gasteiger partial charge in [0.1, 0.15) is 5.82 Å². The summed E-state index contributed by atoms with van der Waals surface area (Å²) in [5.74, 6) is -0.393. The lowest BCUT2D eigenvalue weighted by Crippen LogP contribution is -1.94. The van der Waals surface area contributed by atoms with Crippen LogP contribution in [0.3, 0.4) is 0 Å². The minimum Gasteiger partial charge on any atom is -0.256 e. The van der Waals surface area contributed by atoms with Crippen LogP contribution in [-0.2, 0) is 0 Å². The number of hydrogen-bond acceptors (Lipinski definition) is 2. The number of benzene rings is 1. The maximum Gasteiger partial charge on any atom is 0.134 e. The summed E-state index contributed by atoms with van der Waals surface area (Å²) >= 11 is 6.15. The fourth-order valence-corrected chi connectivity index (χ4v) is 2.47. The SMILES string of the molecule is Cc1ccnc(-c2cccnc2-c2c(F)cccc2Cl)c1. The number of aryl methyl sites for hydroxylation is 1. The summed E-state index contributed by atoms with van der Waals surface area (Å²) in [7, 11) is 0. The highest BCUT2D eigenvalue weighted by molar-refractivity contribution is 6.33. The van der Waals surface area contributed by atoms with Crippen molar-refractivity contribution in [2.45, 2.75) is 6.92 Å². The van der Waals surface area contributed by atoms with E-state index in [-0.39, 0.29) is 0 Å². The fourth-order valence-electron chi connectivity index (χ4n) is 2.22. The largest absolute Gasteiger partial charge is 0.256 e. The average Bonchev–Trinajstić information content (AvgIpc) is 2.47. The first kappa shape index (κ1) is 13.7. The molecule has 0 fully saturated rings. The van der Waals surface area contributed by atoms with Crippen LogP contribution in [-0.4, -0.2) is 9.97 Å². The second kappa shape index (κ2) is 5.62. The molecule has 2 heterocycles. The Balaban J connectivity index is 2.26. The molecule has 0 aliphatic carbocycles. The number of rotatable bonds is 2. The van der Waals surface area contributed by atoms with Gasteiger partial charge in [-0.15, -0.1) is 0 Å². The zero-order valence-electron chi connectivity index (χ0n) is 11.3. The van der Waals surface area contributed by atoms with Crippen molar-refractivity contribution < 1.29 is 4.39 Å². The molecule has 3 aromatic rings. The lowest BCUT2D eigenvalue weighted by Gasteiger charge is -2.11. The molecule has 0 aliphatic heterocycles. The van der Waals surface area contributed by atoms with Gasteiger partial charge < -0.3 is 0 Å². The van der Waals surface area contributed by atoms with Gasteiger partial charge in [-0.05, 0) is 48.9 Å². The van der Waals surface area contributed by atoms with Crippen LogP contribution >= 0.6 is 11.6 Å². The molecule has 0 spiro atoms. The van der Waals surface area contributed by atoms with Gasteiger partial charge in [-0.1, -0.05) is 17.7 Å². The standard InChI is InChI=1S/C17H12ClFN2/c1-11-7-9-20-15(10-11)12-4-3-8-21-17(12)16-13(18)5-2-6-14(16)19/h2-10H,1H3. The molecule has 0 aliphatic rings. The van der Waals surface area contributed by atoms with Gasteiger partial charge in [0.05, 0.1) is 22.0 Å². The van der Waals surface area contributed by atoms with E-state index in [1.807, 2.05) is 25.1 Å². The number of halogens is 2. The summed E-state index contributed by atoms with van der Waals surface area (Å²) < 4.78 is 14.2. The van der Waals surface area contributed by atoms with E-state index in [2.05, 4.69) is 9.97 Å². The molecule has 1 aromatic carbocycles. The smallest absolute Gasteiger partial charge is 0.134 e. The zero-order valence-corrected chi connectivity index (χ0v) is 12.1. The molecular weight excluding hydrogens is 287 g/mol. The van der Waals surface area contributed by atoms with E-state index < -0.39 is 5.82 Å². The Morgan fingerprint density at radius 2 is 1.86 bits per heavy atom. The first-order valence-corrected chi connectivity index (χ1v) is 6.87. The molecular formula is C17H12ClFN2. The van der Waals surface area contributed by atoms with Crippen LogP contribution in [0.15, 0.2) is 54.9 Å². The van der Waals surface area contributed by atoms with Gasteiger partial charge in [0.25, 0.3) is 0 Å². The highest BCUT2D eigenvalue weighted by atomic mass is 35.5. The van der Waals surface area contributed by atoms with E-state index in [9.17, 15) is 4.39 Å². The highest BCUT2D eigenvalue weighted by Crippen LogP contribution is 2.35. The lowest BCUT2D eigenvalue weighted by molar-refractivity contribution is 0.631. The topological polar surface area (TPSA) is 25.8 Å². The summed E-state index contributed by atoms with van der Waals surface area (Å²) in [6.45, 7) is 1.98. The van der Waals surface area contributed by atoms with Crippen molar-refractivity contribution in [1.82, 2.24) is 9.97 Å². The first-order valence-electron chi connectivity index (χ1n) is 6.49. The molecule has 21 heavy (non-hydrogen) atoms. The second-order valence-corrected chi connectivity index (χ2v) is 5.12. The lowest BCUT2D eigenvalue weighted by atomic mass is 10.0. The Hall–Kier alpha value is -2.26. The maximum atomic E-state index is 14.2. The summed E-state index contributed by atoms with van der Waals surface area (Å²) in [5, 5.41) is 0.336. The normalized spacial score (nSPS) is 10.6. The van der Waals surface area contributed by atoms with Crippen molar-refractivity contribution in [1.29, 1.82) is 0 Å². The summed E-state index contributed by atoms with van der Waals surface area (Å²) in [6.07, 6.45) is 3.35. The van der Waals surface area contributed by atoms with E-state index in [4.69, 9.17) is 11.6 Å². The number of hydrogen-bond donors (Lipinski definition) is 0. The van der Waals surface area contributed by atoms with Gasteiger partial charge in [-0.2, -0.15) is 0 Å². The van der Waals surface area contributed by atoms with Crippen molar-refractivity contribution >= 4 is 11.6 Å². The fraction of sp³-hybridized carbons (Fsp3) is 0.0588. The molecule has 0 radical (unpaired) electrons. The van der Waals surface area contributed by atoms with Crippen molar-refractivity contribution in [2.75, 3.05) is 0 Å². The molecule has 0 saturated heterocycles. The third-order valence-electron chi connectivity index (χ3n) is 3.20. The van der Waals surface area contributed by atoms with Gasteiger partial charge in [0.2, 0.25) is 0 Å². The van der Waals surface area contributed by atoms with Crippen molar-refractivity contribution in [3.63, 3.8) is 0 Å². The Bertz CT molecular complexity index is 782.